The Kier molecular flexibility index (Phi) is 4.98. The molecule has 2 aromatic carbocycles. The molecule has 1 heterocycles. The number of carbonyl (C=O) groups is 1. The van der Waals surface area contributed by atoms with E-state index in [1.807, 2.05) is 75.4 Å². The molecule has 1 aliphatic heterocycles. The molecule has 0 bridgehead atoms. The van der Waals surface area contributed by atoms with Gasteiger partial charge in [0.2, 0.25) is 0 Å². The van der Waals surface area contributed by atoms with Crippen LogP contribution in [-0.4, -0.2) is 17.6 Å². The number of fused-ring (bicyclic) bond motifs is 1. The zero-order valence-corrected chi connectivity index (χ0v) is 15.0. The van der Waals surface area contributed by atoms with Crippen molar-refractivity contribution in [1.82, 2.24) is 5.32 Å². The average molecular weight is 339 g/mol. The van der Waals surface area contributed by atoms with E-state index in [9.17, 15) is 4.79 Å². The Hall–Kier alpha value is -2.49. The summed E-state index contributed by atoms with van der Waals surface area (Å²) < 4.78 is 11.9. The molecule has 25 heavy (non-hydrogen) atoms. The molecule has 4 heteroatoms. The van der Waals surface area contributed by atoms with E-state index in [4.69, 9.17) is 9.47 Å². The normalized spacial score (nSPS) is 19.2. The largest absolute Gasteiger partial charge is 0.487 e. The lowest BCUT2D eigenvalue weighted by molar-refractivity contribution is -0.129. The van der Waals surface area contributed by atoms with Crippen LogP contribution in [0.2, 0.25) is 0 Å². The molecule has 0 aliphatic carbocycles. The number of carbonyl (C=O) groups excluding carboxylic acids is 1. The minimum absolute atomic E-state index is 0.0825. The molecule has 1 amide bonds. The highest BCUT2D eigenvalue weighted by molar-refractivity contribution is 5.81. The fourth-order valence-electron chi connectivity index (χ4n) is 3.18. The molecule has 3 rings (SSSR count). The van der Waals surface area contributed by atoms with Crippen LogP contribution in [0.25, 0.3) is 0 Å². The summed E-state index contributed by atoms with van der Waals surface area (Å²) in [5.41, 5.74) is 0.693. The first-order valence-electron chi connectivity index (χ1n) is 8.78. The van der Waals surface area contributed by atoms with Crippen LogP contribution < -0.4 is 14.8 Å². The first-order chi connectivity index (χ1) is 12.0. The monoisotopic (exact) mass is 339 g/mol. The van der Waals surface area contributed by atoms with E-state index >= 15 is 0 Å². The molecule has 0 saturated carbocycles. The van der Waals surface area contributed by atoms with Gasteiger partial charge in [0, 0.05) is 12.0 Å². The van der Waals surface area contributed by atoms with Gasteiger partial charge in [0.15, 0.2) is 6.10 Å². The third-order valence-corrected chi connectivity index (χ3v) is 4.38. The zero-order chi connectivity index (χ0) is 17.9. The van der Waals surface area contributed by atoms with Crippen molar-refractivity contribution in [1.29, 1.82) is 0 Å². The van der Waals surface area contributed by atoms with Crippen LogP contribution in [0.1, 0.15) is 45.2 Å². The van der Waals surface area contributed by atoms with Gasteiger partial charge >= 0.3 is 0 Å². The van der Waals surface area contributed by atoms with Crippen LogP contribution in [0.3, 0.4) is 0 Å². The molecule has 1 aliphatic rings. The van der Waals surface area contributed by atoms with E-state index in [-0.39, 0.29) is 17.6 Å². The number of hydrogen-bond donors (Lipinski definition) is 1. The Morgan fingerprint density at radius 1 is 1.20 bits per heavy atom. The van der Waals surface area contributed by atoms with Gasteiger partial charge in [0.25, 0.3) is 5.91 Å². The van der Waals surface area contributed by atoms with Crippen LogP contribution in [0.5, 0.6) is 11.5 Å². The maximum Gasteiger partial charge on any atom is 0.261 e. The van der Waals surface area contributed by atoms with Crippen molar-refractivity contribution >= 4 is 5.91 Å². The van der Waals surface area contributed by atoms with Crippen molar-refractivity contribution in [2.75, 3.05) is 0 Å². The number of benzene rings is 2. The van der Waals surface area contributed by atoms with Gasteiger partial charge in [-0.25, -0.2) is 0 Å². The number of ether oxygens (including phenoxy) is 2. The first kappa shape index (κ1) is 17.3. The topological polar surface area (TPSA) is 47.6 Å². The molecule has 0 unspecified atom stereocenters. The Morgan fingerprint density at radius 2 is 1.88 bits per heavy atom. The lowest BCUT2D eigenvalue weighted by Gasteiger charge is -2.38. The van der Waals surface area contributed by atoms with Crippen LogP contribution in [0.15, 0.2) is 54.6 Å². The molecule has 0 spiro atoms. The van der Waals surface area contributed by atoms with Crippen LogP contribution in [-0.2, 0) is 4.79 Å². The molecule has 0 saturated heterocycles. The predicted octanol–water partition coefficient (Wildman–Crippen LogP) is 4.26. The van der Waals surface area contributed by atoms with Crippen LogP contribution in [0, 0.1) is 0 Å². The predicted molar refractivity (Wildman–Crippen MR) is 97.8 cm³/mol. The second kappa shape index (κ2) is 7.18. The van der Waals surface area contributed by atoms with Gasteiger partial charge in [-0.15, -0.1) is 0 Å². The fraction of sp³-hybridized carbons (Fsp3) is 0.381. The highest BCUT2D eigenvalue weighted by Gasteiger charge is 2.35. The second-order valence-electron chi connectivity index (χ2n) is 6.99. The molecular weight excluding hydrogens is 314 g/mol. The third kappa shape index (κ3) is 4.13. The van der Waals surface area contributed by atoms with Crippen molar-refractivity contribution in [3.05, 3.63) is 60.2 Å². The summed E-state index contributed by atoms with van der Waals surface area (Å²) in [5, 5.41) is 3.16. The average Bonchev–Trinajstić information content (AvgIpc) is 2.59. The zero-order valence-electron chi connectivity index (χ0n) is 15.0. The Balaban J connectivity index is 1.75. The summed E-state index contributed by atoms with van der Waals surface area (Å²) in [4.78, 5) is 12.8. The highest BCUT2D eigenvalue weighted by Crippen LogP contribution is 2.39. The van der Waals surface area contributed by atoms with E-state index in [1.165, 1.54) is 0 Å². The molecule has 0 aromatic heterocycles. The molecule has 4 nitrogen and oxygen atoms in total. The van der Waals surface area contributed by atoms with Crippen molar-refractivity contribution in [2.45, 2.75) is 51.4 Å². The van der Waals surface area contributed by atoms with E-state index in [1.54, 1.807) is 0 Å². The first-order valence-corrected chi connectivity index (χ1v) is 8.78. The second-order valence-corrected chi connectivity index (χ2v) is 6.99. The number of rotatable bonds is 5. The van der Waals surface area contributed by atoms with Crippen molar-refractivity contribution < 1.29 is 14.3 Å². The maximum absolute atomic E-state index is 12.8. The van der Waals surface area contributed by atoms with Gasteiger partial charge in [-0.3, -0.25) is 4.79 Å². The van der Waals surface area contributed by atoms with E-state index in [0.29, 0.717) is 12.2 Å². The summed E-state index contributed by atoms with van der Waals surface area (Å²) >= 11 is 0. The maximum atomic E-state index is 12.8. The summed E-state index contributed by atoms with van der Waals surface area (Å²) in [6.07, 6.45) is 0.812. The Bertz CT molecular complexity index is 727. The number of nitrogens with one attached hydrogen (secondary N) is 1. The number of amides is 1. The van der Waals surface area contributed by atoms with E-state index in [0.717, 1.165) is 17.7 Å². The molecule has 132 valence electrons. The van der Waals surface area contributed by atoms with Gasteiger partial charge in [-0.1, -0.05) is 43.3 Å². The smallest absolute Gasteiger partial charge is 0.261 e. The summed E-state index contributed by atoms with van der Waals surface area (Å²) in [6, 6.07) is 17.3. The molecule has 0 fully saturated rings. The van der Waals surface area contributed by atoms with Crippen LogP contribution in [0.4, 0.5) is 0 Å². The number of hydrogen-bond acceptors (Lipinski definition) is 3. The molecule has 2 aromatic rings. The van der Waals surface area contributed by atoms with Crippen molar-refractivity contribution in [3.63, 3.8) is 0 Å². The lowest BCUT2D eigenvalue weighted by atomic mass is 9.89. The fourth-order valence-corrected chi connectivity index (χ4v) is 3.18. The van der Waals surface area contributed by atoms with Gasteiger partial charge in [0.1, 0.15) is 17.1 Å². The minimum atomic E-state index is -0.513. The Morgan fingerprint density at radius 3 is 2.60 bits per heavy atom. The summed E-state index contributed by atoms with van der Waals surface area (Å²) in [7, 11) is 0. The third-order valence-electron chi connectivity index (χ3n) is 4.38. The number of para-hydroxylation sites is 2. The SMILES string of the molecule is CC[C@@H](Oc1ccccc1)C(=O)N[C@H]1CC(C)(C)Oc2ccccc21. The van der Waals surface area contributed by atoms with Crippen molar-refractivity contribution in [3.8, 4) is 11.5 Å². The lowest BCUT2D eigenvalue weighted by Crippen LogP contribution is -2.45. The van der Waals surface area contributed by atoms with Crippen molar-refractivity contribution in [2.24, 2.45) is 0 Å². The summed E-state index contributed by atoms with van der Waals surface area (Å²) in [6.45, 7) is 6.04. The molecular formula is C21H25NO3. The van der Waals surface area contributed by atoms with E-state index in [2.05, 4.69) is 5.32 Å². The minimum Gasteiger partial charge on any atom is -0.487 e. The van der Waals surface area contributed by atoms with Gasteiger partial charge in [-0.2, -0.15) is 0 Å². The van der Waals surface area contributed by atoms with Crippen LogP contribution >= 0.6 is 0 Å². The summed E-state index contributed by atoms with van der Waals surface area (Å²) in [5.74, 6) is 1.45. The quantitative estimate of drug-likeness (QED) is 0.885. The van der Waals surface area contributed by atoms with E-state index < -0.39 is 6.10 Å². The standard InChI is InChI=1S/C21H25NO3/c1-4-18(24-15-10-6-5-7-11-15)20(23)22-17-14-21(2,3)25-19-13-9-8-12-16(17)19/h5-13,17-18H,4,14H2,1-3H3,(H,22,23)/t17-,18+/m0/s1. The Labute approximate surface area is 149 Å². The van der Waals surface area contributed by atoms with Gasteiger partial charge in [-0.05, 0) is 38.5 Å². The highest BCUT2D eigenvalue weighted by atomic mass is 16.5. The van der Waals surface area contributed by atoms with Gasteiger partial charge < -0.3 is 14.8 Å². The van der Waals surface area contributed by atoms with Gasteiger partial charge in [0.05, 0.1) is 6.04 Å². The molecule has 2 atom stereocenters. The molecule has 0 radical (unpaired) electrons. The molecule has 1 N–H and O–H groups in total.